The van der Waals surface area contributed by atoms with Gasteiger partial charge in [0.25, 0.3) is 0 Å². The fraction of sp³-hybridized carbons (Fsp3) is 0.600. The zero-order chi connectivity index (χ0) is 13.9. The van der Waals surface area contributed by atoms with Crippen LogP contribution in [0.15, 0.2) is 30.3 Å². The Kier molecular flexibility index (Phi) is 8.41. The molecule has 2 N–H and O–H groups in total. The van der Waals surface area contributed by atoms with Crippen LogP contribution in [0.1, 0.15) is 18.0 Å². The standard InChI is InChI=1S/C15H26N2O2/c1-18-11-6-9-17(10-12-19-2)15(13-16)14-7-4-3-5-8-14/h3-5,7-8,15H,6,9-13,16H2,1-2H3. The van der Waals surface area contributed by atoms with Crippen LogP contribution in [0.3, 0.4) is 0 Å². The lowest BCUT2D eigenvalue weighted by molar-refractivity contribution is 0.108. The van der Waals surface area contributed by atoms with Crippen molar-refractivity contribution in [3.05, 3.63) is 35.9 Å². The van der Waals surface area contributed by atoms with Crippen molar-refractivity contribution >= 4 is 0 Å². The molecule has 1 aromatic rings. The average molecular weight is 266 g/mol. The normalized spacial score (nSPS) is 12.8. The van der Waals surface area contributed by atoms with Gasteiger partial charge in [-0.15, -0.1) is 0 Å². The summed E-state index contributed by atoms with van der Waals surface area (Å²) in [6.45, 7) is 3.96. The van der Waals surface area contributed by atoms with Crippen LogP contribution >= 0.6 is 0 Å². The Balaban J connectivity index is 2.68. The molecule has 19 heavy (non-hydrogen) atoms. The monoisotopic (exact) mass is 266 g/mol. The molecule has 1 atom stereocenters. The SMILES string of the molecule is COCCCN(CCOC)C(CN)c1ccccc1. The second kappa shape index (κ2) is 9.92. The molecule has 0 aliphatic heterocycles. The number of methoxy groups -OCH3 is 2. The summed E-state index contributed by atoms with van der Waals surface area (Å²) < 4.78 is 10.3. The van der Waals surface area contributed by atoms with Crippen molar-refractivity contribution in [2.24, 2.45) is 5.73 Å². The fourth-order valence-corrected chi connectivity index (χ4v) is 2.22. The van der Waals surface area contributed by atoms with E-state index in [2.05, 4.69) is 29.2 Å². The van der Waals surface area contributed by atoms with Gasteiger partial charge in [0.05, 0.1) is 6.61 Å². The van der Waals surface area contributed by atoms with Gasteiger partial charge >= 0.3 is 0 Å². The van der Waals surface area contributed by atoms with Gasteiger partial charge in [0.1, 0.15) is 0 Å². The maximum atomic E-state index is 5.97. The maximum absolute atomic E-state index is 5.97. The van der Waals surface area contributed by atoms with Gasteiger partial charge < -0.3 is 15.2 Å². The second-order valence-electron chi connectivity index (χ2n) is 4.54. The summed E-state index contributed by atoms with van der Waals surface area (Å²) in [6, 6.07) is 10.7. The molecular weight excluding hydrogens is 240 g/mol. The molecule has 0 aromatic heterocycles. The third-order valence-electron chi connectivity index (χ3n) is 3.22. The largest absolute Gasteiger partial charge is 0.385 e. The van der Waals surface area contributed by atoms with E-state index in [0.29, 0.717) is 6.54 Å². The van der Waals surface area contributed by atoms with Crippen molar-refractivity contribution in [2.75, 3.05) is 47.1 Å². The van der Waals surface area contributed by atoms with Crippen LogP contribution in [0, 0.1) is 0 Å². The van der Waals surface area contributed by atoms with Gasteiger partial charge in [0, 0.05) is 46.5 Å². The molecular formula is C15H26N2O2. The highest BCUT2D eigenvalue weighted by molar-refractivity contribution is 5.19. The molecule has 4 nitrogen and oxygen atoms in total. The van der Waals surface area contributed by atoms with E-state index in [1.165, 1.54) is 5.56 Å². The van der Waals surface area contributed by atoms with Crippen molar-refractivity contribution in [3.8, 4) is 0 Å². The van der Waals surface area contributed by atoms with Crippen LogP contribution in [0.2, 0.25) is 0 Å². The highest BCUT2D eigenvalue weighted by atomic mass is 16.5. The Morgan fingerprint density at radius 3 is 2.32 bits per heavy atom. The number of nitrogens with zero attached hydrogens (tertiary/aromatic N) is 1. The minimum absolute atomic E-state index is 0.244. The summed E-state index contributed by atoms with van der Waals surface area (Å²) in [5.41, 5.74) is 7.23. The number of hydrogen-bond donors (Lipinski definition) is 1. The van der Waals surface area contributed by atoms with Crippen LogP contribution < -0.4 is 5.73 Å². The summed E-state index contributed by atoms with van der Waals surface area (Å²) >= 11 is 0. The molecule has 0 heterocycles. The van der Waals surface area contributed by atoms with Gasteiger partial charge in [-0.05, 0) is 12.0 Å². The topological polar surface area (TPSA) is 47.7 Å². The van der Waals surface area contributed by atoms with E-state index in [1.807, 2.05) is 6.07 Å². The van der Waals surface area contributed by atoms with Crippen molar-refractivity contribution in [2.45, 2.75) is 12.5 Å². The lowest BCUT2D eigenvalue weighted by Crippen LogP contribution is -2.37. The van der Waals surface area contributed by atoms with E-state index in [9.17, 15) is 0 Å². The number of benzene rings is 1. The molecule has 0 amide bonds. The Morgan fingerprint density at radius 2 is 1.74 bits per heavy atom. The van der Waals surface area contributed by atoms with Gasteiger partial charge in [-0.3, -0.25) is 4.90 Å². The van der Waals surface area contributed by atoms with Crippen LogP contribution in [-0.4, -0.2) is 52.0 Å². The predicted octanol–water partition coefficient (Wildman–Crippen LogP) is 1.67. The van der Waals surface area contributed by atoms with Gasteiger partial charge in [0.2, 0.25) is 0 Å². The average Bonchev–Trinajstić information content (AvgIpc) is 2.46. The molecule has 0 fully saturated rings. The van der Waals surface area contributed by atoms with Crippen LogP contribution in [0.5, 0.6) is 0 Å². The minimum atomic E-state index is 0.244. The Morgan fingerprint density at radius 1 is 1.05 bits per heavy atom. The van der Waals surface area contributed by atoms with Gasteiger partial charge in [0.15, 0.2) is 0 Å². The molecule has 0 aliphatic rings. The molecule has 0 radical (unpaired) electrons. The summed E-state index contributed by atoms with van der Waals surface area (Å²) in [7, 11) is 3.46. The minimum Gasteiger partial charge on any atom is -0.385 e. The molecule has 1 aromatic carbocycles. The van der Waals surface area contributed by atoms with Crippen LogP contribution in [0.25, 0.3) is 0 Å². The number of rotatable bonds is 10. The third-order valence-corrected chi connectivity index (χ3v) is 3.22. The van der Waals surface area contributed by atoms with E-state index in [-0.39, 0.29) is 6.04 Å². The first kappa shape index (κ1) is 16.1. The molecule has 0 saturated heterocycles. The van der Waals surface area contributed by atoms with Crippen LogP contribution in [-0.2, 0) is 9.47 Å². The molecule has 1 unspecified atom stereocenters. The smallest absolute Gasteiger partial charge is 0.0589 e. The van der Waals surface area contributed by atoms with Gasteiger partial charge in [-0.25, -0.2) is 0 Å². The van der Waals surface area contributed by atoms with Crippen LogP contribution in [0.4, 0.5) is 0 Å². The fourth-order valence-electron chi connectivity index (χ4n) is 2.22. The zero-order valence-electron chi connectivity index (χ0n) is 12.0. The van der Waals surface area contributed by atoms with E-state index in [1.54, 1.807) is 14.2 Å². The lowest BCUT2D eigenvalue weighted by Gasteiger charge is -2.31. The van der Waals surface area contributed by atoms with Crippen molar-refractivity contribution in [1.82, 2.24) is 4.90 Å². The number of hydrogen-bond acceptors (Lipinski definition) is 4. The molecule has 0 spiro atoms. The van der Waals surface area contributed by atoms with Gasteiger partial charge in [-0.2, -0.15) is 0 Å². The number of nitrogens with two attached hydrogens (primary N) is 1. The quantitative estimate of drug-likeness (QED) is 0.654. The molecule has 108 valence electrons. The first-order valence-corrected chi connectivity index (χ1v) is 6.80. The highest BCUT2D eigenvalue weighted by Crippen LogP contribution is 2.19. The highest BCUT2D eigenvalue weighted by Gasteiger charge is 2.18. The Bertz CT molecular complexity index is 319. The molecule has 0 saturated carbocycles. The first-order valence-electron chi connectivity index (χ1n) is 6.80. The summed E-state index contributed by atoms with van der Waals surface area (Å²) in [6.07, 6.45) is 1.00. The van der Waals surface area contributed by atoms with Gasteiger partial charge in [-0.1, -0.05) is 30.3 Å². The van der Waals surface area contributed by atoms with E-state index in [0.717, 1.165) is 32.7 Å². The Hall–Kier alpha value is -0.940. The summed E-state index contributed by atoms with van der Waals surface area (Å²) in [5, 5.41) is 0. The maximum Gasteiger partial charge on any atom is 0.0589 e. The first-order chi connectivity index (χ1) is 9.33. The lowest BCUT2D eigenvalue weighted by atomic mass is 10.1. The molecule has 1 rings (SSSR count). The predicted molar refractivity (Wildman–Crippen MR) is 78.2 cm³/mol. The second-order valence-corrected chi connectivity index (χ2v) is 4.54. The Labute approximate surface area is 116 Å². The van der Waals surface area contributed by atoms with E-state index >= 15 is 0 Å². The summed E-state index contributed by atoms with van der Waals surface area (Å²) in [5.74, 6) is 0. The third kappa shape index (κ3) is 5.70. The van der Waals surface area contributed by atoms with Crippen molar-refractivity contribution in [3.63, 3.8) is 0 Å². The van der Waals surface area contributed by atoms with E-state index in [4.69, 9.17) is 15.2 Å². The van der Waals surface area contributed by atoms with Crippen molar-refractivity contribution < 1.29 is 9.47 Å². The zero-order valence-corrected chi connectivity index (χ0v) is 12.0. The molecule has 4 heteroatoms. The van der Waals surface area contributed by atoms with Crippen molar-refractivity contribution in [1.29, 1.82) is 0 Å². The van der Waals surface area contributed by atoms with E-state index < -0.39 is 0 Å². The molecule has 0 bridgehead atoms. The summed E-state index contributed by atoms with van der Waals surface area (Å²) in [4.78, 5) is 2.37. The molecule has 0 aliphatic carbocycles. The number of ether oxygens (including phenoxy) is 2.